The molecule has 130 valence electrons. The fraction of sp³-hybridized carbons (Fsp3) is 0.588. The Hall–Kier alpha value is -1.30. The molecule has 0 saturated carbocycles. The highest BCUT2D eigenvalue weighted by molar-refractivity contribution is 6.18. The molecule has 1 N–H and O–H groups in total. The molecule has 1 aromatic carbocycles. The van der Waals surface area contributed by atoms with E-state index in [2.05, 4.69) is 0 Å². The molecule has 1 rings (SSSR count). The van der Waals surface area contributed by atoms with Gasteiger partial charge >= 0.3 is 6.09 Å². The summed E-state index contributed by atoms with van der Waals surface area (Å²) >= 11 is 5.72. The van der Waals surface area contributed by atoms with E-state index < -0.39 is 17.8 Å². The second kappa shape index (κ2) is 9.75. The molecule has 1 unspecified atom stereocenters. The molecular weight excluding hydrogens is 318 g/mol. The summed E-state index contributed by atoms with van der Waals surface area (Å²) < 4.78 is 10.8. The number of aliphatic hydroxyl groups excluding tert-OH is 1. The SMILES string of the molecule is CC(C)(C)OC(=O)N(CCCl)CC(O)COCc1ccccc1. The van der Waals surface area contributed by atoms with Crippen molar-refractivity contribution < 1.29 is 19.4 Å². The van der Waals surface area contributed by atoms with E-state index >= 15 is 0 Å². The summed E-state index contributed by atoms with van der Waals surface area (Å²) in [5.41, 5.74) is 0.445. The largest absolute Gasteiger partial charge is 0.444 e. The van der Waals surface area contributed by atoms with Crippen LogP contribution < -0.4 is 0 Å². The number of ether oxygens (including phenoxy) is 2. The van der Waals surface area contributed by atoms with E-state index in [9.17, 15) is 9.90 Å². The van der Waals surface area contributed by atoms with Gasteiger partial charge in [0, 0.05) is 12.4 Å². The van der Waals surface area contributed by atoms with E-state index in [1.165, 1.54) is 4.90 Å². The minimum absolute atomic E-state index is 0.121. The summed E-state index contributed by atoms with van der Waals surface area (Å²) in [6.45, 7) is 6.37. The highest BCUT2D eigenvalue weighted by atomic mass is 35.5. The number of alkyl halides is 1. The maximum absolute atomic E-state index is 12.1. The molecule has 0 saturated heterocycles. The Kier molecular flexibility index (Phi) is 8.37. The van der Waals surface area contributed by atoms with Crippen LogP contribution in [0.3, 0.4) is 0 Å². The van der Waals surface area contributed by atoms with E-state index in [0.717, 1.165) is 5.56 Å². The second-order valence-electron chi connectivity index (χ2n) is 6.27. The Bertz CT molecular complexity index is 461. The highest BCUT2D eigenvalue weighted by Gasteiger charge is 2.23. The van der Waals surface area contributed by atoms with Gasteiger partial charge in [0.2, 0.25) is 0 Å². The second-order valence-corrected chi connectivity index (χ2v) is 6.65. The minimum atomic E-state index is -0.797. The Morgan fingerprint density at radius 2 is 1.96 bits per heavy atom. The van der Waals surface area contributed by atoms with Crippen LogP contribution in [-0.4, -0.2) is 53.4 Å². The third-order valence-electron chi connectivity index (χ3n) is 2.86. The van der Waals surface area contributed by atoms with Gasteiger partial charge in [-0.3, -0.25) is 0 Å². The van der Waals surface area contributed by atoms with Crippen LogP contribution in [0.4, 0.5) is 4.79 Å². The quantitative estimate of drug-likeness (QED) is 0.737. The van der Waals surface area contributed by atoms with Crippen molar-refractivity contribution in [1.82, 2.24) is 4.90 Å². The van der Waals surface area contributed by atoms with Crippen molar-refractivity contribution in [2.24, 2.45) is 0 Å². The lowest BCUT2D eigenvalue weighted by Crippen LogP contribution is -2.43. The smallest absolute Gasteiger partial charge is 0.410 e. The first-order chi connectivity index (χ1) is 10.8. The zero-order valence-electron chi connectivity index (χ0n) is 14.0. The Balaban J connectivity index is 2.41. The van der Waals surface area contributed by atoms with Crippen molar-refractivity contribution in [3.05, 3.63) is 35.9 Å². The average Bonchev–Trinajstić information content (AvgIpc) is 2.46. The lowest BCUT2D eigenvalue weighted by molar-refractivity contribution is -0.00689. The number of carbonyl (C=O) groups excluding carboxylic acids is 1. The zero-order valence-corrected chi connectivity index (χ0v) is 14.8. The van der Waals surface area contributed by atoms with Gasteiger partial charge in [-0.1, -0.05) is 30.3 Å². The highest BCUT2D eigenvalue weighted by Crippen LogP contribution is 2.11. The van der Waals surface area contributed by atoms with Crippen molar-refractivity contribution in [2.45, 2.75) is 39.1 Å². The van der Waals surface area contributed by atoms with Crippen LogP contribution in [0.5, 0.6) is 0 Å². The number of amides is 1. The number of nitrogens with zero attached hydrogens (tertiary/aromatic N) is 1. The molecule has 0 spiro atoms. The van der Waals surface area contributed by atoms with Gasteiger partial charge in [0.1, 0.15) is 5.60 Å². The van der Waals surface area contributed by atoms with Crippen molar-refractivity contribution in [3.8, 4) is 0 Å². The maximum atomic E-state index is 12.1. The van der Waals surface area contributed by atoms with Gasteiger partial charge in [-0.25, -0.2) is 4.79 Å². The number of carbonyl (C=O) groups is 1. The fourth-order valence-corrected chi connectivity index (χ4v) is 2.08. The average molecular weight is 344 g/mol. The van der Waals surface area contributed by atoms with Crippen LogP contribution in [0, 0.1) is 0 Å². The first-order valence-corrected chi connectivity index (χ1v) is 8.19. The summed E-state index contributed by atoms with van der Waals surface area (Å²) in [4.78, 5) is 13.5. The first kappa shape index (κ1) is 19.7. The summed E-state index contributed by atoms with van der Waals surface area (Å²) in [6.07, 6.45) is -1.28. The maximum Gasteiger partial charge on any atom is 0.410 e. The molecule has 1 amide bonds. The van der Waals surface area contributed by atoms with Gasteiger partial charge in [0.25, 0.3) is 0 Å². The van der Waals surface area contributed by atoms with E-state index in [4.69, 9.17) is 21.1 Å². The normalized spacial score (nSPS) is 12.7. The van der Waals surface area contributed by atoms with Crippen molar-refractivity contribution in [1.29, 1.82) is 0 Å². The van der Waals surface area contributed by atoms with Crippen LogP contribution >= 0.6 is 11.6 Å². The van der Waals surface area contributed by atoms with Gasteiger partial charge in [-0.05, 0) is 26.3 Å². The van der Waals surface area contributed by atoms with Gasteiger partial charge in [0.15, 0.2) is 0 Å². The summed E-state index contributed by atoms with van der Waals surface area (Å²) in [5.74, 6) is 0.275. The van der Waals surface area contributed by atoms with Gasteiger partial charge in [-0.2, -0.15) is 0 Å². The van der Waals surface area contributed by atoms with Crippen molar-refractivity contribution in [2.75, 3.05) is 25.6 Å². The number of benzene rings is 1. The molecule has 0 aromatic heterocycles. The zero-order chi connectivity index (χ0) is 17.3. The number of aliphatic hydroxyl groups is 1. The third-order valence-corrected chi connectivity index (χ3v) is 3.03. The molecule has 0 aliphatic carbocycles. The molecule has 0 bridgehead atoms. The lowest BCUT2D eigenvalue weighted by atomic mass is 10.2. The van der Waals surface area contributed by atoms with Crippen LogP contribution in [0.25, 0.3) is 0 Å². The standard InChI is InChI=1S/C17H26ClNO4/c1-17(2,3)23-16(21)19(10-9-18)11-15(20)13-22-12-14-7-5-4-6-8-14/h4-8,15,20H,9-13H2,1-3H3. The molecule has 6 heteroatoms. The third kappa shape index (κ3) is 8.79. The predicted molar refractivity (Wildman–Crippen MR) is 90.6 cm³/mol. The number of rotatable bonds is 8. The predicted octanol–water partition coefficient (Wildman–Crippen LogP) is 3.04. The van der Waals surface area contributed by atoms with Crippen molar-refractivity contribution >= 4 is 17.7 Å². The summed E-state index contributed by atoms with van der Waals surface area (Å²) in [6, 6.07) is 9.70. The molecule has 0 fully saturated rings. The van der Waals surface area contributed by atoms with Crippen molar-refractivity contribution in [3.63, 3.8) is 0 Å². The lowest BCUT2D eigenvalue weighted by Gasteiger charge is -2.28. The molecule has 5 nitrogen and oxygen atoms in total. The van der Waals surface area contributed by atoms with Crippen LogP contribution in [0.2, 0.25) is 0 Å². The molecule has 1 aromatic rings. The van der Waals surface area contributed by atoms with Crippen LogP contribution in [0.1, 0.15) is 26.3 Å². The fourth-order valence-electron chi connectivity index (χ4n) is 1.88. The monoisotopic (exact) mass is 343 g/mol. The molecule has 1 atom stereocenters. The summed E-state index contributed by atoms with van der Waals surface area (Å²) in [5, 5.41) is 10.1. The Morgan fingerprint density at radius 3 is 2.52 bits per heavy atom. The Labute approximate surface area is 143 Å². The molecule has 23 heavy (non-hydrogen) atoms. The topological polar surface area (TPSA) is 59.0 Å². The molecule has 0 aliphatic rings. The minimum Gasteiger partial charge on any atom is -0.444 e. The van der Waals surface area contributed by atoms with Gasteiger partial charge in [-0.15, -0.1) is 11.6 Å². The van der Waals surface area contributed by atoms with E-state index in [1.54, 1.807) is 20.8 Å². The molecule has 0 aliphatic heterocycles. The molecule has 0 heterocycles. The molecular formula is C17H26ClNO4. The number of hydrogen-bond donors (Lipinski definition) is 1. The first-order valence-electron chi connectivity index (χ1n) is 7.65. The molecule has 0 radical (unpaired) electrons. The number of hydrogen-bond acceptors (Lipinski definition) is 4. The van der Waals surface area contributed by atoms with E-state index in [-0.39, 0.29) is 19.0 Å². The Morgan fingerprint density at radius 1 is 1.30 bits per heavy atom. The summed E-state index contributed by atoms with van der Waals surface area (Å²) in [7, 11) is 0. The van der Waals surface area contributed by atoms with E-state index in [0.29, 0.717) is 13.2 Å². The van der Waals surface area contributed by atoms with Crippen LogP contribution in [-0.2, 0) is 16.1 Å². The van der Waals surface area contributed by atoms with Gasteiger partial charge < -0.3 is 19.5 Å². The van der Waals surface area contributed by atoms with Crippen LogP contribution in [0.15, 0.2) is 30.3 Å². The number of halogens is 1. The van der Waals surface area contributed by atoms with Gasteiger partial charge in [0.05, 0.1) is 25.9 Å². The van der Waals surface area contributed by atoms with E-state index in [1.807, 2.05) is 30.3 Å².